The van der Waals surface area contributed by atoms with E-state index >= 15 is 0 Å². The Kier molecular flexibility index (Phi) is 5.20. The highest BCUT2D eigenvalue weighted by atomic mass is 35.5. The van der Waals surface area contributed by atoms with Crippen molar-refractivity contribution in [1.29, 1.82) is 0 Å². The van der Waals surface area contributed by atoms with E-state index in [1.807, 2.05) is 12.1 Å². The lowest BCUT2D eigenvalue weighted by Crippen LogP contribution is -2.24. The average molecular weight is 357 g/mol. The van der Waals surface area contributed by atoms with E-state index in [0.29, 0.717) is 22.1 Å². The molecule has 1 heterocycles. The van der Waals surface area contributed by atoms with Crippen LogP contribution < -0.4 is 10.6 Å². The summed E-state index contributed by atoms with van der Waals surface area (Å²) < 4.78 is 13.5. The summed E-state index contributed by atoms with van der Waals surface area (Å²) in [5, 5.41) is 6.18. The molecule has 7 heteroatoms. The van der Waals surface area contributed by atoms with Gasteiger partial charge in [0, 0.05) is 12.1 Å². The second kappa shape index (κ2) is 7.72. The highest BCUT2D eigenvalue weighted by molar-refractivity contribution is 6.33. The average Bonchev–Trinajstić information content (AvgIpc) is 2.63. The molecule has 25 heavy (non-hydrogen) atoms. The van der Waals surface area contributed by atoms with Crippen molar-refractivity contribution >= 4 is 29.0 Å². The zero-order valence-corrected chi connectivity index (χ0v) is 13.8. The van der Waals surface area contributed by atoms with Crippen LogP contribution in [0.25, 0.3) is 0 Å². The molecule has 1 amide bonds. The van der Waals surface area contributed by atoms with Crippen LogP contribution in [0.4, 0.5) is 15.9 Å². The van der Waals surface area contributed by atoms with Gasteiger partial charge in [0.2, 0.25) is 0 Å². The molecule has 0 aliphatic rings. The molecule has 2 N–H and O–H groups in total. The lowest BCUT2D eigenvalue weighted by molar-refractivity contribution is 0.0945. The minimum absolute atomic E-state index is 0.0762. The van der Waals surface area contributed by atoms with Crippen LogP contribution in [0, 0.1) is 5.82 Å². The van der Waals surface area contributed by atoms with E-state index in [-0.39, 0.29) is 18.1 Å². The summed E-state index contributed by atoms with van der Waals surface area (Å²) in [4.78, 5) is 20.3. The molecule has 126 valence electrons. The highest BCUT2D eigenvalue weighted by Gasteiger charge is 2.09. The molecule has 0 radical (unpaired) electrons. The smallest absolute Gasteiger partial charge is 0.271 e. The summed E-state index contributed by atoms with van der Waals surface area (Å²) in [6.45, 7) is 0.0762. The molecule has 0 spiro atoms. The third-order valence-electron chi connectivity index (χ3n) is 3.42. The van der Waals surface area contributed by atoms with Gasteiger partial charge in [-0.15, -0.1) is 0 Å². The van der Waals surface area contributed by atoms with Gasteiger partial charge in [0.25, 0.3) is 5.91 Å². The third kappa shape index (κ3) is 4.30. The molecule has 0 aliphatic heterocycles. The minimum Gasteiger partial charge on any atom is -0.346 e. The molecule has 0 unspecified atom stereocenters. The second-order valence-corrected chi connectivity index (χ2v) is 5.57. The monoisotopic (exact) mass is 356 g/mol. The van der Waals surface area contributed by atoms with Crippen LogP contribution in [0.5, 0.6) is 0 Å². The molecular weight excluding hydrogens is 343 g/mol. The van der Waals surface area contributed by atoms with Crippen molar-refractivity contribution in [2.75, 3.05) is 5.32 Å². The predicted molar refractivity (Wildman–Crippen MR) is 94.3 cm³/mol. The Balaban J connectivity index is 1.63. The van der Waals surface area contributed by atoms with Gasteiger partial charge in [0.15, 0.2) is 0 Å². The standard InChI is InChI=1S/C18H14ClFN4O/c19-13-6-2-4-8-15(13)24-17-11-21-16(10-22-17)18(25)23-9-12-5-1-3-7-14(12)20/h1-8,10-11H,9H2,(H,22,24)(H,23,25). The number of nitrogens with zero attached hydrogens (tertiary/aromatic N) is 2. The Morgan fingerprint density at radius 2 is 1.80 bits per heavy atom. The first-order chi connectivity index (χ1) is 12.1. The van der Waals surface area contributed by atoms with Gasteiger partial charge in [0.1, 0.15) is 17.3 Å². The maximum atomic E-state index is 13.5. The predicted octanol–water partition coefficient (Wildman–Crippen LogP) is 3.94. The van der Waals surface area contributed by atoms with Crippen molar-refractivity contribution < 1.29 is 9.18 Å². The van der Waals surface area contributed by atoms with Crippen LogP contribution in [0.2, 0.25) is 5.02 Å². The Morgan fingerprint density at radius 3 is 2.52 bits per heavy atom. The molecule has 3 rings (SSSR count). The number of nitrogens with one attached hydrogen (secondary N) is 2. The Hall–Kier alpha value is -2.99. The maximum absolute atomic E-state index is 13.5. The maximum Gasteiger partial charge on any atom is 0.271 e. The Morgan fingerprint density at radius 1 is 1.04 bits per heavy atom. The fourth-order valence-corrected chi connectivity index (χ4v) is 2.30. The van der Waals surface area contributed by atoms with Crippen molar-refractivity contribution in [3.05, 3.63) is 83.0 Å². The minimum atomic E-state index is -0.431. The molecule has 0 saturated heterocycles. The molecule has 2 aromatic carbocycles. The van der Waals surface area contributed by atoms with Crippen LogP contribution in [0.3, 0.4) is 0 Å². The number of carbonyl (C=O) groups excluding carboxylic acids is 1. The Bertz CT molecular complexity index is 886. The largest absolute Gasteiger partial charge is 0.346 e. The molecule has 1 aromatic heterocycles. The van der Waals surface area contributed by atoms with Crippen molar-refractivity contribution in [3.8, 4) is 0 Å². The number of benzene rings is 2. The molecule has 3 aromatic rings. The Labute approximate surface area is 148 Å². The number of anilines is 2. The molecule has 0 aliphatic carbocycles. The van der Waals surface area contributed by atoms with Crippen molar-refractivity contribution in [3.63, 3.8) is 0 Å². The van der Waals surface area contributed by atoms with Crippen LogP contribution in [0.15, 0.2) is 60.9 Å². The number of rotatable bonds is 5. The fraction of sp³-hybridized carbons (Fsp3) is 0.0556. The van der Waals surface area contributed by atoms with Gasteiger partial charge < -0.3 is 10.6 Å². The van der Waals surface area contributed by atoms with Crippen molar-refractivity contribution in [1.82, 2.24) is 15.3 Å². The van der Waals surface area contributed by atoms with Crippen molar-refractivity contribution in [2.24, 2.45) is 0 Å². The molecule has 0 atom stereocenters. The van der Waals surface area contributed by atoms with Gasteiger partial charge >= 0.3 is 0 Å². The number of halogens is 2. The number of para-hydroxylation sites is 1. The number of aromatic nitrogens is 2. The second-order valence-electron chi connectivity index (χ2n) is 5.17. The van der Waals surface area contributed by atoms with E-state index in [1.165, 1.54) is 18.5 Å². The van der Waals surface area contributed by atoms with Crippen molar-refractivity contribution in [2.45, 2.75) is 6.54 Å². The lowest BCUT2D eigenvalue weighted by Gasteiger charge is -2.08. The molecular formula is C18H14ClFN4O. The van der Waals surface area contributed by atoms with Gasteiger partial charge in [-0.05, 0) is 18.2 Å². The number of carbonyl (C=O) groups is 1. The number of amides is 1. The van der Waals surface area contributed by atoms with E-state index in [1.54, 1.807) is 30.3 Å². The van der Waals surface area contributed by atoms with Crippen LogP contribution in [-0.2, 0) is 6.54 Å². The molecule has 0 fully saturated rings. The number of hydrogen-bond donors (Lipinski definition) is 2. The molecule has 0 saturated carbocycles. The summed E-state index contributed by atoms with van der Waals surface area (Å²) in [7, 11) is 0. The quantitative estimate of drug-likeness (QED) is 0.726. The highest BCUT2D eigenvalue weighted by Crippen LogP contribution is 2.23. The summed E-state index contributed by atoms with van der Waals surface area (Å²) in [6.07, 6.45) is 2.78. The van der Waals surface area contributed by atoms with E-state index in [0.717, 1.165) is 0 Å². The van der Waals surface area contributed by atoms with E-state index in [2.05, 4.69) is 20.6 Å². The van der Waals surface area contributed by atoms with Gasteiger partial charge in [-0.2, -0.15) is 0 Å². The number of hydrogen-bond acceptors (Lipinski definition) is 4. The van der Waals surface area contributed by atoms with E-state index in [4.69, 9.17) is 11.6 Å². The van der Waals surface area contributed by atoms with E-state index < -0.39 is 5.91 Å². The van der Waals surface area contributed by atoms with Gasteiger partial charge in [0.05, 0.1) is 23.1 Å². The molecule has 0 bridgehead atoms. The van der Waals surface area contributed by atoms with Gasteiger partial charge in [-0.1, -0.05) is 41.9 Å². The van der Waals surface area contributed by atoms with Gasteiger partial charge in [-0.3, -0.25) is 4.79 Å². The summed E-state index contributed by atoms with van der Waals surface area (Å²) in [5.41, 5.74) is 1.23. The lowest BCUT2D eigenvalue weighted by atomic mass is 10.2. The van der Waals surface area contributed by atoms with Crippen LogP contribution in [0.1, 0.15) is 16.1 Å². The summed E-state index contributed by atoms with van der Waals surface area (Å²) in [5.74, 6) is -0.341. The first-order valence-electron chi connectivity index (χ1n) is 7.48. The summed E-state index contributed by atoms with van der Waals surface area (Å²) >= 11 is 6.06. The normalized spacial score (nSPS) is 10.3. The third-order valence-corrected chi connectivity index (χ3v) is 3.75. The topological polar surface area (TPSA) is 66.9 Å². The first kappa shape index (κ1) is 16.9. The van der Waals surface area contributed by atoms with Crippen LogP contribution in [-0.4, -0.2) is 15.9 Å². The molecule has 5 nitrogen and oxygen atoms in total. The van der Waals surface area contributed by atoms with Crippen LogP contribution >= 0.6 is 11.6 Å². The van der Waals surface area contributed by atoms with E-state index in [9.17, 15) is 9.18 Å². The fourth-order valence-electron chi connectivity index (χ4n) is 2.12. The SMILES string of the molecule is O=C(NCc1ccccc1F)c1cnc(Nc2ccccc2Cl)cn1. The zero-order chi connectivity index (χ0) is 17.6. The first-order valence-corrected chi connectivity index (χ1v) is 7.86. The summed E-state index contributed by atoms with van der Waals surface area (Å²) in [6, 6.07) is 13.5. The van der Waals surface area contributed by atoms with Gasteiger partial charge in [-0.25, -0.2) is 14.4 Å². The zero-order valence-electron chi connectivity index (χ0n) is 13.0.